The van der Waals surface area contributed by atoms with Gasteiger partial charge in [-0.25, -0.2) is 14.2 Å². The summed E-state index contributed by atoms with van der Waals surface area (Å²) in [7, 11) is 0. The van der Waals surface area contributed by atoms with E-state index in [1.807, 2.05) is 25.1 Å². The first kappa shape index (κ1) is 23.9. The van der Waals surface area contributed by atoms with Gasteiger partial charge in [-0.3, -0.25) is 9.36 Å². The first-order chi connectivity index (χ1) is 17.2. The summed E-state index contributed by atoms with van der Waals surface area (Å²) in [5, 5.41) is 13.2. The molecule has 0 spiro atoms. The Balaban J connectivity index is 1.52. The normalized spacial score (nSPS) is 15.6. The second-order valence-corrected chi connectivity index (χ2v) is 10.0. The number of carboxylic acids is 1. The molecule has 184 valence electrons. The van der Waals surface area contributed by atoms with E-state index in [4.69, 9.17) is 11.6 Å². The van der Waals surface area contributed by atoms with E-state index in [-0.39, 0.29) is 19.0 Å². The maximum Gasteiger partial charge on any atom is 0.354 e. The lowest BCUT2D eigenvalue weighted by Gasteiger charge is -2.17. The van der Waals surface area contributed by atoms with Crippen LogP contribution in [0.4, 0.5) is 11.6 Å². The van der Waals surface area contributed by atoms with Crippen LogP contribution in [-0.4, -0.2) is 25.2 Å². The lowest BCUT2D eigenvalue weighted by Crippen LogP contribution is -2.45. The number of anilines is 2. The average molecular weight is 505 g/mol. The summed E-state index contributed by atoms with van der Waals surface area (Å²) in [4.78, 5) is 42.2. The maximum absolute atomic E-state index is 13.5. The van der Waals surface area contributed by atoms with Crippen molar-refractivity contribution in [3.8, 4) is 11.8 Å². The minimum atomic E-state index is -1.09. The number of nitrogens with one attached hydrogen (secondary N) is 1. The number of benzene rings is 2. The summed E-state index contributed by atoms with van der Waals surface area (Å²) in [6.07, 6.45) is 3.14. The highest BCUT2D eigenvalue weighted by molar-refractivity contribution is 6.30. The molecule has 8 nitrogen and oxygen atoms in total. The standard InChI is InChI=1S/C27H25ClN4O4/c1-17-14-22(11-8-20(17)7-4-18-2-3-18)29-24-30-25(35)32(16-27(12-13-27)23(33)34)26(36)31(24)15-19-5-9-21(28)10-6-19/h5-6,8-11,14,18H,2-3,12-13,15-16H2,1H3,(H,33,34)(H,29,30,35). The van der Waals surface area contributed by atoms with Crippen LogP contribution < -0.4 is 16.7 Å². The van der Waals surface area contributed by atoms with Crippen molar-refractivity contribution in [3.63, 3.8) is 0 Å². The van der Waals surface area contributed by atoms with Gasteiger partial charge in [-0.1, -0.05) is 35.6 Å². The lowest BCUT2D eigenvalue weighted by molar-refractivity contribution is -0.143. The summed E-state index contributed by atoms with van der Waals surface area (Å²) in [6, 6.07) is 12.6. The van der Waals surface area contributed by atoms with Crippen molar-refractivity contribution in [3.05, 3.63) is 85.1 Å². The van der Waals surface area contributed by atoms with Crippen LogP contribution in [0.3, 0.4) is 0 Å². The van der Waals surface area contributed by atoms with Crippen molar-refractivity contribution < 1.29 is 9.90 Å². The number of aromatic nitrogens is 3. The molecular weight excluding hydrogens is 480 g/mol. The Hall–Kier alpha value is -3.83. The van der Waals surface area contributed by atoms with E-state index in [0.717, 1.165) is 34.1 Å². The summed E-state index contributed by atoms with van der Waals surface area (Å²) in [5.41, 5.74) is 0.824. The van der Waals surface area contributed by atoms with Crippen molar-refractivity contribution in [2.45, 2.75) is 45.7 Å². The predicted molar refractivity (Wildman–Crippen MR) is 137 cm³/mol. The van der Waals surface area contributed by atoms with E-state index < -0.39 is 22.8 Å². The molecule has 1 heterocycles. The number of hydrogen-bond acceptors (Lipinski definition) is 5. The summed E-state index contributed by atoms with van der Waals surface area (Å²) in [5.74, 6) is 6.03. The summed E-state index contributed by atoms with van der Waals surface area (Å²) in [6.45, 7) is 1.87. The minimum absolute atomic E-state index is 0.0765. The fourth-order valence-electron chi connectivity index (χ4n) is 3.99. The maximum atomic E-state index is 13.5. The van der Waals surface area contributed by atoms with Crippen LogP contribution in [0, 0.1) is 30.1 Å². The van der Waals surface area contributed by atoms with E-state index in [0.29, 0.717) is 29.5 Å². The van der Waals surface area contributed by atoms with Gasteiger partial charge >= 0.3 is 17.3 Å². The molecule has 3 aromatic rings. The number of carboxylic acid groups (broad SMARTS) is 1. The van der Waals surface area contributed by atoms with Crippen LogP contribution in [0.1, 0.15) is 42.4 Å². The largest absolute Gasteiger partial charge is 0.481 e. The number of aryl methyl sites for hydroxylation is 1. The Morgan fingerprint density at radius 3 is 2.50 bits per heavy atom. The highest BCUT2D eigenvalue weighted by Crippen LogP contribution is 2.46. The number of aliphatic carboxylic acids is 1. The molecule has 1 aromatic heterocycles. The van der Waals surface area contributed by atoms with Gasteiger partial charge in [0.2, 0.25) is 5.95 Å². The van der Waals surface area contributed by atoms with Crippen LogP contribution in [0.25, 0.3) is 0 Å². The smallest absolute Gasteiger partial charge is 0.354 e. The van der Waals surface area contributed by atoms with Crippen LogP contribution in [-0.2, 0) is 17.9 Å². The van der Waals surface area contributed by atoms with E-state index in [1.165, 1.54) is 4.57 Å². The third-order valence-electron chi connectivity index (χ3n) is 6.64. The average Bonchev–Trinajstić information content (AvgIpc) is 3.76. The molecule has 0 radical (unpaired) electrons. The van der Waals surface area contributed by atoms with Crippen molar-refractivity contribution in [1.29, 1.82) is 0 Å². The number of carbonyl (C=O) groups is 1. The zero-order chi connectivity index (χ0) is 25.4. The molecule has 0 saturated heterocycles. The van der Waals surface area contributed by atoms with Crippen molar-refractivity contribution in [2.24, 2.45) is 11.3 Å². The Bertz CT molecular complexity index is 1520. The molecule has 0 amide bonds. The molecule has 2 aliphatic carbocycles. The van der Waals surface area contributed by atoms with Gasteiger partial charge in [-0.2, -0.15) is 4.98 Å². The third kappa shape index (κ3) is 5.07. The Morgan fingerprint density at radius 1 is 1.17 bits per heavy atom. The molecule has 9 heteroatoms. The fraction of sp³-hybridized carbons (Fsp3) is 0.333. The molecule has 2 aromatic carbocycles. The fourth-order valence-corrected chi connectivity index (χ4v) is 4.11. The number of hydrogen-bond donors (Lipinski definition) is 2. The van der Waals surface area contributed by atoms with E-state index >= 15 is 0 Å². The van der Waals surface area contributed by atoms with E-state index in [2.05, 4.69) is 22.1 Å². The second-order valence-electron chi connectivity index (χ2n) is 9.58. The molecule has 0 atom stereocenters. The van der Waals surface area contributed by atoms with Crippen molar-refractivity contribution in [2.75, 3.05) is 5.32 Å². The lowest BCUT2D eigenvalue weighted by atomic mass is 10.1. The molecule has 36 heavy (non-hydrogen) atoms. The van der Waals surface area contributed by atoms with Gasteiger partial charge in [-0.15, -0.1) is 0 Å². The van der Waals surface area contributed by atoms with Crippen LogP contribution >= 0.6 is 11.6 Å². The SMILES string of the molecule is Cc1cc(Nc2nc(=O)n(CC3(C(=O)O)CC3)c(=O)n2Cc2ccc(Cl)cc2)ccc1C#CC1CC1. The van der Waals surface area contributed by atoms with Gasteiger partial charge in [0.25, 0.3) is 0 Å². The molecule has 2 aliphatic rings. The summed E-state index contributed by atoms with van der Waals surface area (Å²) >= 11 is 6.01. The van der Waals surface area contributed by atoms with E-state index in [9.17, 15) is 19.5 Å². The Morgan fingerprint density at radius 2 is 1.89 bits per heavy atom. The first-order valence-corrected chi connectivity index (χ1v) is 12.2. The molecule has 2 N–H and O–H groups in total. The Labute approximate surface area is 212 Å². The van der Waals surface area contributed by atoms with Crippen molar-refractivity contribution >= 4 is 29.2 Å². The molecule has 5 rings (SSSR count). The number of rotatable bonds is 7. The summed E-state index contributed by atoms with van der Waals surface area (Å²) < 4.78 is 2.27. The quantitative estimate of drug-likeness (QED) is 0.474. The molecule has 2 saturated carbocycles. The van der Waals surface area contributed by atoms with Gasteiger partial charge in [-0.05, 0) is 74.1 Å². The van der Waals surface area contributed by atoms with Crippen LogP contribution in [0.2, 0.25) is 5.02 Å². The highest BCUT2D eigenvalue weighted by Gasteiger charge is 2.51. The highest BCUT2D eigenvalue weighted by atomic mass is 35.5. The monoisotopic (exact) mass is 504 g/mol. The molecule has 0 bridgehead atoms. The molecule has 0 unspecified atom stereocenters. The van der Waals surface area contributed by atoms with Crippen molar-refractivity contribution in [1.82, 2.24) is 14.1 Å². The van der Waals surface area contributed by atoms with Gasteiger partial charge in [0.15, 0.2) is 0 Å². The second kappa shape index (κ2) is 9.32. The van der Waals surface area contributed by atoms with E-state index in [1.54, 1.807) is 24.3 Å². The Kier molecular flexibility index (Phi) is 6.19. The number of nitrogens with zero attached hydrogens (tertiary/aromatic N) is 3. The molecule has 0 aliphatic heterocycles. The number of halogens is 1. The zero-order valence-electron chi connectivity index (χ0n) is 19.8. The molecule has 2 fully saturated rings. The first-order valence-electron chi connectivity index (χ1n) is 11.8. The topological polar surface area (TPSA) is 106 Å². The van der Waals surface area contributed by atoms with Gasteiger partial charge in [0, 0.05) is 28.7 Å². The van der Waals surface area contributed by atoms with Gasteiger partial charge < -0.3 is 10.4 Å². The third-order valence-corrected chi connectivity index (χ3v) is 6.89. The minimum Gasteiger partial charge on any atom is -0.481 e. The van der Waals surface area contributed by atoms with Crippen LogP contribution in [0.15, 0.2) is 52.1 Å². The molecular formula is C27H25ClN4O4. The predicted octanol–water partition coefficient (Wildman–Crippen LogP) is 3.79. The van der Waals surface area contributed by atoms with Gasteiger partial charge in [0.05, 0.1) is 12.0 Å². The van der Waals surface area contributed by atoms with Gasteiger partial charge in [0.1, 0.15) is 0 Å². The van der Waals surface area contributed by atoms with Crippen LogP contribution in [0.5, 0.6) is 0 Å². The zero-order valence-corrected chi connectivity index (χ0v) is 20.5.